The number of allylic oxidation sites excluding steroid dienone is 1. The molecule has 1 N–H and O–H groups in total. The highest BCUT2D eigenvalue weighted by Crippen LogP contribution is 2.39. The highest BCUT2D eigenvalue weighted by Gasteiger charge is 2.34. The summed E-state index contributed by atoms with van der Waals surface area (Å²) in [7, 11) is 0. The predicted octanol–water partition coefficient (Wildman–Crippen LogP) is 5.07. The normalized spacial score (nSPS) is 11.2. The predicted molar refractivity (Wildman–Crippen MR) is 101 cm³/mol. The number of aliphatic hydroxyl groups excluding tert-OH is 1. The summed E-state index contributed by atoms with van der Waals surface area (Å²) in [5.41, 5.74) is 3.86. The maximum absolute atomic E-state index is 10.4. The van der Waals surface area contributed by atoms with Crippen LogP contribution >= 0.6 is 0 Å². The lowest BCUT2D eigenvalue weighted by Gasteiger charge is -2.34. The summed E-state index contributed by atoms with van der Waals surface area (Å²) < 4.78 is 0. The molecule has 0 aliphatic rings. The van der Waals surface area contributed by atoms with E-state index in [4.69, 9.17) is 0 Å². The van der Waals surface area contributed by atoms with Gasteiger partial charge in [-0.05, 0) is 28.7 Å². The summed E-state index contributed by atoms with van der Waals surface area (Å²) in [5.74, 6) is 0. The van der Waals surface area contributed by atoms with Gasteiger partial charge in [0, 0.05) is 5.41 Å². The monoisotopic (exact) mass is 314 g/mol. The maximum Gasteiger partial charge on any atom is 0.0571 e. The Kier molecular flexibility index (Phi) is 4.93. The lowest BCUT2D eigenvalue weighted by Crippen LogP contribution is -2.32. The molecule has 0 saturated carbocycles. The third-order valence-corrected chi connectivity index (χ3v) is 4.62. The van der Waals surface area contributed by atoms with Crippen LogP contribution < -0.4 is 0 Å². The Bertz CT molecular complexity index is 737. The number of benzene rings is 3. The van der Waals surface area contributed by atoms with E-state index in [9.17, 15) is 5.11 Å². The van der Waals surface area contributed by atoms with E-state index >= 15 is 0 Å². The Labute approximate surface area is 143 Å². The van der Waals surface area contributed by atoms with Crippen LogP contribution in [0.15, 0.2) is 97.6 Å². The zero-order valence-electron chi connectivity index (χ0n) is 13.7. The minimum atomic E-state index is -0.491. The fraction of sp³-hybridized carbons (Fsp3) is 0.130. The third kappa shape index (κ3) is 3.17. The van der Waals surface area contributed by atoms with E-state index in [2.05, 4.69) is 43.0 Å². The van der Waals surface area contributed by atoms with Crippen LogP contribution in [0.4, 0.5) is 0 Å². The number of rotatable bonds is 6. The Morgan fingerprint density at radius 3 is 1.54 bits per heavy atom. The minimum absolute atomic E-state index is 0.0346. The first-order chi connectivity index (χ1) is 11.8. The molecule has 0 unspecified atom stereocenters. The number of aliphatic hydroxyl groups is 1. The van der Waals surface area contributed by atoms with Gasteiger partial charge in [0.1, 0.15) is 0 Å². The van der Waals surface area contributed by atoms with Crippen LogP contribution in [-0.4, -0.2) is 11.7 Å². The molecular weight excluding hydrogens is 292 g/mol. The van der Waals surface area contributed by atoms with Crippen LogP contribution in [-0.2, 0) is 5.41 Å². The van der Waals surface area contributed by atoms with Crippen LogP contribution in [0.25, 0.3) is 5.57 Å². The second-order valence-corrected chi connectivity index (χ2v) is 6.12. The largest absolute Gasteiger partial charge is 0.395 e. The molecule has 0 bridgehead atoms. The molecule has 120 valence electrons. The summed E-state index contributed by atoms with van der Waals surface area (Å²) in [6.07, 6.45) is 0.668. The van der Waals surface area contributed by atoms with Crippen LogP contribution in [0.5, 0.6) is 0 Å². The van der Waals surface area contributed by atoms with E-state index in [1.54, 1.807) is 0 Å². The highest BCUT2D eigenvalue weighted by molar-refractivity contribution is 5.66. The molecule has 1 heteroatoms. The van der Waals surface area contributed by atoms with Crippen LogP contribution in [0.2, 0.25) is 0 Å². The Morgan fingerprint density at radius 1 is 0.708 bits per heavy atom. The van der Waals surface area contributed by atoms with Crippen molar-refractivity contribution in [3.8, 4) is 0 Å². The molecule has 0 saturated heterocycles. The van der Waals surface area contributed by atoms with Crippen molar-refractivity contribution >= 4 is 5.57 Å². The third-order valence-electron chi connectivity index (χ3n) is 4.62. The second kappa shape index (κ2) is 7.29. The summed E-state index contributed by atoms with van der Waals surface area (Å²) in [4.78, 5) is 0. The molecule has 3 aromatic carbocycles. The van der Waals surface area contributed by atoms with Crippen LogP contribution in [0, 0.1) is 0 Å². The molecule has 3 aromatic rings. The van der Waals surface area contributed by atoms with Gasteiger partial charge in [0.05, 0.1) is 6.61 Å². The lowest BCUT2D eigenvalue weighted by atomic mass is 9.70. The fourth-order valence-electron chi connectivity index (χ4n) is 3.26. The average molecular weight is 314 g/mol. The van der Waals surface area contributed by atoms with Gasteiger partial charge < -0.3 is 5.11 Å². The van der Waals surface area contributed by atoms with Crippen molar-refractivity contribution in [3.05, 3.63) is 114 Å². The first kappa shape index (κ1) is 16.2. The van der Waals surface area contributed by atoms with Crippen LogP contribution in [0.3, 0.4) is 0 Å². The van der Waals surface area contributed by atoms with Gasteiger partial charge in [-0.25, -0.2) is 0 Å². The Balaban J connectivity index is 2.07. The van der Waals surface area contributed by atoms with Crippen molar-refractivity contribution in [1.82, 2.24) is 0 Å². The summed E-state index contributed by atoms with van der Waals surface area (Å²) in [6.45, 7) is 4.33. The van der Waals surface area contributed by atoms with Gasteiger partial charge in [-0.3, -0.25) is 0 Å². The first-order valence-corrected chi connectivity index (χ1v) is 8.21. The molecule has 0 amide bonds. The molecule has 0 aromatic heterocycles. The van der Waals surface area contributed by atoms with Crippen molar-refractivity contribution < 1.29 is 5.11 Å². The lowest BCUT2D eigenvalue weighted by molar-refractivity contribution is 0.222. The summed E-state index contributed by atoms with van der Waals surface area (Å²) in [6, 6.07) is 30.6. The Hall–Kier alpha value is -2.64. The zero-order valence-corrected chi connectivity index (χ0v) is 13.7. The fourth-order valence-corrected chi connectivity index (χ4v) is 3.26. The molecule has 1 nitrogen and oxygen atoms in total. The first-order valence-electron chi connectivity index (χ1n) is 8.21. The van der Waals surface area contributed by atoms with Gasteiger partial charge >= 0.3 is 0 Å². The van der Waals surface area contributed by atoms with Gasteiger partial charge in [-0.2, -0.15) is 0 Å². The van der Waals surface area contributed by atoms with E-state index in [1.807, 2.05) is 54.6 Å². The zero-order chi connectivity index (χ0) is 16.8. The maximum atomic E-state index is 10.4. The van der Waals surface area contributed by atoms with Crippen molar-refractivity contribution in [3.63, 3.8) is 0 Å². The van der Waals surface area contributed by atoms with Gasteiger partial charge in [0.15, 0.2) is 0 Å². The topological polar surface area (TPSA) is 20.2 Å². The molecule has 24 heavy (non-hydrogen) atoms. The molecule has 0 aliphatic carbocycles. The van der Waals surface area contributed by atoms with E-state index < -0.39 is 5.41 Å². The van der Waals surface area contributed by atoms with Crippen LogP contribution in [0.1, 0.15) is 23.1 Å². The highest BCUT2D eigenvalue weighted by atomic mass is 16.3. The molecule has 3 rings (SSSR count). The number of hydrogen-bond donors (Lipinski definition) is 1. The average Bonchev–Trinajstić information content (AvgIpc) is 2.68. The van der Waals surface area contributed by atoms with Gasteiger partial charge in [-0.1, -0.05) is 97.6 Å². The van der Waals surface area contributed by atoms with Gasteiger partial charge in [0.25, 0.3) is 0 Å². The Morgan fingerprint density at radius 2 is 1.12 bits per heavy atom. The van der Waals surface area contributed by atoms with E-state index in [0.29, 0.717) is 6.42 Å². The van der Waals surface area contributed by atoms with E-state index in [1.165, 1.54) is 0 Å². The van der Waals surface area contributed by atoms with Gasteiger partial charge in [-0.15, -0.1) is 0 Å². The van der Waals surface area contributed by atoms with Crippen molar-refractivity contribution in [2.24, 2.45) is 0 Å². The smallest absolute Gasteiger partial charge is 0.0571 e. The molecule has 0 fully saturated rings. The van der Waals surface area contributed by atoms with Crippen molar-refractivity contribution in [2.45, 2.75) is 11.8 Å². The van der Waals surface area contributed by atoms with Crippen molar-refractivity contribution in [2.75, 3.05) is 6.61 Å². The van der Waals surface area contributed by atoms with E-state index in [0.717, 1.165) is 22.3 Å². The summed E-state index contributed by atoms with van der Waals surface area (Å²) >= 11 is 0. The summed E-state index contributed by atoms with van der Waals surface area (Å²) in [5, 5.41) is 10.4. The van der Waals surface area contributed by atoms with Crippen molar-refractivity contribution in [1.29, 1.82) is 0 Å². The molecule has 0 atom stereocenters. The molecule has 0 aliphatic heterocycles. The second-order valence-electron chi connectivity index (χ2n) is 6.12. The molecule has 0 spiro atoms. The quantitative estimate of drug-likeness (QED) is 0.673. The molecule has 0 heterocycles. The minimum Gasteiger partial charge on any atom is -0.395 e. The number of hydrogen-bond acceptors (Lipinski definition) is 1. The van der Waals surface area contributed by atoms with E-state index in [-0.39, 0.29) is 6.61 Å². The molecule has 0 radical (unpaired) electrons. The molecular formula is C23H22O. The standard InChI is InChI=1S/C23H22O/c1-19(20-11-5-2-6-12-20)17-23(18-24,21-13-7-3-8-14-21)22-15-9-4-10-16-22/h2-16,24H,1,17-18H2. The van der Waals surface area contributed by atoms with Gasteiger partial charge in [0.2, 0.25) is 0 Å². The SMILES string of the molecule is C=C(CC(CO)(c1ccccc1)c1ccccc1)c1ccccc1.